The minimum Gasteiger partial charge on any atom is -0.396 e. The third kappa shape index (κ3) is 8.73. The monoisotopic (exact) mass is 210 g/mol. The second kappa shape index (κ2) is 11.6. The van der Waals surface area contributed by atoms with E-state index < -0.39 is 0 Å². The van der Waals surface area contributed by atoms with Crippen molar-refractivity contribution in [3.8, 4) is 0 Å². The molecule has 74 valence electrons. The number of hydrogen-bond donors (Lipinski definition) is 2. The molecule has 0 saturated carbocycles. The zero-order valence-corrected chi connectivity index (χ0v) is 10.3. The van der Waals surface area contributed by atoms with Crippen LogP contribution in [0.15, 0.2) is 0 Å². The molecule has 0 spiro atoms. The fourth-order valence-electron chi connectivity index (χ4n) is 0.812. The van der Waals surface area contributed by atoms with Crippen molar-refractivity contribution in [2.75, 3.05) is 13.2 Å². The average Bonchev–Trinajstić information content (AvgIpc) is 1.89. The average molecular weight is 210 g/mol. The molecular weight excluding hydrogens is 188 g/mol. The van der Waals surface area contributed by atoms with Gasteiger partial charge < -0.3 is 25.1 Å². The summed E-state index contributed by atoms with van der Waals surface area (Å²) in [6.07, 6.45) is 1.90. The first-order valence-electron chi connectivity index (χ1n) is 3.40. The van der Waals surface area contributed by atoms with Gasteiger partial charge in [-0.3, -0.25) is 0 Å². The standard InChI is InChI=1S/C7H16O2.2CH3.Ti/c1-3-4-7(2,5-8)6-9;;;/h8-9H,3-6H2,1-2H3;2*1H3;/q;2*-1;+2. The molecule has 0 radical (unpaired) electrons. The van der Waals surface area contributed by atoms with Gasteiger partial charge in [-0.1, -0.05) is 20.3 Å². The Morgan fingerprint density at radius 1 is 1.08 bits per heavy atom. The fraction of sp³-hybridized carbons (Fsp3) is 0.778. The van der Waals surface area contributed by atoms with Crippen LogP contribution in [0, 0.1) is 20.3 Å². The molecular formula is C9H22O2Ti. The Morgan fingerprint density at radius 2 is 1.42 bits per heavy atom. The van der Waals surface area contributed by atoms with Crippen LogP contribution in [0.1, 0.15) is 26.7 Å². The minimum atomic E-state index is -0.255. The van der Waals surface area contributed by atoms with Crippen LogP contribution in [0.3, 0.4) is 0 Å². The Kier molecular flexibility index (Phi) is 22.2. The third-order valence-corrected chi connectivity index (χ3v) is 1.62. The van der Waals surface area contributed by atoms with Crippen LogP contribution in [0.2, 0.25) is 0 Å². The second-order valence-electron chi connectivity index (χ2n) is 2.88. The molecule has 0 unspecified atom stereocenters. The van der Waals surface area contributed by atoms with E-state index >= 15 is 0 Å². The molecule has 0 saturated heterocycles. The van der Waals surface area contributed by atoms with Gasteiger partial charge in [0.15, 0.2) is 0 Å². The van der Waals surface area contributed by atoms with Gasteiger partial charge in [0.2, 0.25) is 0 Å². The number of aliphatic hydroxyl groups is 2. The summed E-state index contributed by atoms with van der Waals surface area (Å²) in [6.45, 7) is 4.09. The van der Waals surface area contributed by atoms with Gasteiger partial charge in [0, 0.05) is 5.41 Å². The van der Waals surface area contributed by atoms with Gasteiger partial charge in [-0.25, -0.2) is 0 Å². The predicted molar refractivity (Wildman–Crippen MR) is 50.0 cm³/mol. The van der Waals surface area contributed by atoms with Crippen LogP contribution in [-0.4, -0.2) is 23.4 Å². The van der Waals surface area contributed by atoms with Gasteiger partial charge in [-0.15, -0.1) is 0 Å². The Bertz CT molecular complexity index is 72.9. The summed E-state index contributed by atoms with van der Waals surface area (Å²) in [6, 6.07) is 0. The van der Waals surface area contributed by atoms with E-state index in [1.807, 2.05) is 13.8 Å². The molecule has 0 aliphatic rings. The minimum absolute atomic E-state index is 0. The maximum absolute atomic E-state index is 8.76. The predicted octanol–water partition coefficient (Wildman–Crippen LogP) is 1.68. The maximum Gasteiger partial charge on any atom is 2.00 e. The summed E-state index contributed by atoms with van der Waals surface area (Å²) >= 11 is 0. The Morgan fingerprint density at radius 3 is 1.50 bits per heavy atom. The van der Waals surface area contributed by atoms with Crippen molar-refractivity contribution in [3.05, 3.63) is 14.9 Å². The normalized spacial score (nSPS) is 9.00. The van der Waals surface area contributed by atoms with Gasteiger partial charge in [0.1, 0.15) is 0 Å². The van der Waals surface area contributed by atoms with Crippen LogP contribution >= 0.6 is 0 Å². The molecule has 3 heteroatoms. The van der Waals surface area contributed by atoms with Crippen molar-refractivity contribution >= 4 is 0 Å². The SMILES string of the molecule is CCCC(C)(CO)CO.[CH3-].[CH3-].[Ti+2]. The molecule has 12 heavy (non-hydrogen) atoms. The molecule has 0 aliphatic carbocycles. The third-order valence-electron chi connectivity index (χ3n) is 1.62. The van der Waals surface area contributed by atoms with Crippen LogP contribution < -0.4 is 0 Å². The molecule has 0 fully saturated rings. The largest absolute Gasteiger partial charge is 2.00 e. The van der Waals surface area contributed by atoms with Gasteiger partial charge >= 0.3 is 21.7 Å². The molecule has 0 atom stereocenters. The Balaban J connectivity index is -0.000000107. The van der Waals surface area contributed by atoms with Crippen molar-refractivity contribution in [1.82, 2.24) is 0 Å². The van der Waals surface area contributed by atoms with Crippen LogP contribution in [-0.2, 0) is 21.7 Å². The molecule has 0 rings (SSSR count). The zero-order chi connectivity index (χ0) is 7.33. The van der Waals surface area contributed by atoms with E-state index in [2.05, 4.69) is 0 Å². The smallest absolute Gasteiger partial charge is 0.396 e. The molecule has 0 heterocycles. The summed E-state index contributed by atoms with van der Waals surface area (Å²) in [5, 5.41) is 17.5. The van der Waals surface area contributed by atoms with E-state index in [1.165, 1.54) is 0 Å². The second-order valence-corrected chi connectivity index (χ2v) is 2.88. The zero-order valence-electron chi connectivity index (χ0n) is 8.72. The summed E-state index contributed by atoms with van der Waals surface area (Å²) < 4.78 is 0. The quantitative estimate of drug-likeness (QED) is 0.547. The van der Waals surface area contributed by atoms with Crippen molar-refractivity contribution in [2.24, 2.45) is 5.41 Å². The van der Waals surface area contributed by atoms with E-state index in [1.54, 1.807) is 0 Å². The molecule has 0 bridgehead atoms. The molecule has 0 amide bonds. The molecule has 2 N–H and O–H groups in total. The molecule has 0 aromatic heterocycles. The van der Waals surface area contributed by atoms with Gasteiger partial charge in [-0.05, 0) is 6.42 Å². The van der Waals surface area contributed by atoms with E-state index in [0.717, 1.165) is 12.8 Å². The number of rotatable bonds is 4. The maximum atomic E-state index is 8.76. The summed E-state index contributed by atoms with van der Waals surface area (Å²) in [5.41, 5.74) is -0.255. The number of hydrogen-bond acceptors (Lipinski definition) is 2. The van der Waals surface area contributed by atoms with Crippen LogP contribution in [0.25, 0.3) is 0 Å². The topological polar surface area (TPSA) is 40.5 Å². The van der Waals surface area contributed by atoms with E-state index in [9.17, 15) is 0 Å². The first-order chi connectivity index (χ1) is 4.18. The number of aliphatic hydroxyl groups excluding tert-OH is 2. The summed E-state index contributed by atoms with van der Waals surface area (Å²) in [7, 11) is 0. The van der Waals surface area contributed by atoms with E-state index in [-0.39, 0.29) is 55.2 Å². The Hall–Kier alpha value is 0.634. The first kappa shape index (κ1) is 22.9. The summed E-state index contributed by atoms with van der Waals surface area (Å²) in [5.74, 6) is 0. The molecule has 0 aliphatic heterocycles. The van der Waals surface area contributed by atoms with Crippen molar-refractivity contribution in [3.63, 3.8) is 0 Å². The molecule has 0 aromatic rings. The molecule has 0 aromatic carbocycles. The van der Waals surface area contributed by atoms with Gasteiger partial charge in [0.05, 0.1) is 13.2 Å². The van der Waals surface area contributed by atoms with Gasteiger partial charge in [0.25, 0.3) is 0 Å². The summed E-state index contributed by atoms with van der Waals surface area (Å²) in [4.78, 5) is 0. The Labute approximate surface area is 92.3 Å². The van der Waals surface area contributed by atoms with E-state index in [4.69, 9.17) is 10.2 Å². The first-order valence-corrected chi connectivity index (χ1v) is 3.40. The van der Waals surface area contributed by atoms with Crippen molar-refractivity contribution in [1.29, 1.82) is 0 Å². The van der Waals surface area contributed by atoms with E-state index in [0.29, 0.717) is 0 Å². The van der Waals surface area contributed by atoms with Crippen LogP contribution in [0.4, 0.5) is 0 Å². The van der Waals surface area contributed by atoms with Crippen molar-refractivity contribution < 1.29 is 31.9 Å². The van der Waals surface area contributed by atoms with Crippen molar-refractivity contribution in [2.45, 2.75) is 26.7 Å². The fourth-order valence-corrected chi connectivity index (χ4v) is 0.812. The van der Waals surface area contributed by atoms with Gasteiger partial charge in [-0.2, -0.15) is 0 Å². The van der Waals surface area contributed by atoms with Crippen LogP contribution in [0.5, 0.6) is 0 Å². The molecule has 2 nitrogen and oxygen atoms in total.